The van der Waals surface area contributed by atoms with E-state index in [0.717, 1.165) is 23.5 Å². The van der Waals surface area contributed by atoms with E-state index in [-0.39, 0.29) is 0 Å². The van der Waals surface area contributed by atoms with E-state index >= 15 is 0 Å². The van der Waals surface area contributed by atoms with E-state index in [1.165, 1.54) is 5.56 Å². The molecule has 0 fully saturated rings. The fourth-order valence-corrected chi connectivity index (χ4v) is 2.42. The summed E-state index contributed by atoms with van der Waals surface area (Å²) >= 11 is 5.37. The third-order valence-corrected chi connectivity index (χ3v) is 3.52. The molecule has 0 unspecified atom stereocenters. The van der Waals surface area contributed by atoms with Crippen LogP contribution >= 0.6 is 12.2 Å². The van der Waals surface area contributed by atoms with Gasteiger partial charge in [0.15, 0.2) is 16.6 Å². The highest BCUT2D eigenvalue weighted by molar-refractivity contribution is 7.80. The Labute approximate surface area is 142 Å². The predicted octanol–water partition coefficient (Wildman–Crippen LogP) is 4.47. The van der Waals surface area contributed by atoms with Gasteiger partial charge in [-0.3, -0.25) is 0 Å². The van der Waals surface area contributed by atoms with Crippen LogP contribution in [0.3, 0.4) is 0 Å². The van der Waals surface area contributed by atoms with Crippen LogP contribution < -0.4 is 20.1 Å². The Balaban J connectivity index is 2.04. The number of hydrogen-bond acceptors (Lipinski definition) is 3. The zero-order valence-corrected chi connectivity index (χ0v) is 14.5. The van der Waals surface area contributed by atoms with Gasteiger partial charge in [-0.15, -0.1) is 0 Å². The summed E-state index contributed by atoms with van der Waals surface area (Å²) in [5.74, 6) is 1.39. The quantitative estimate of drug-likeness (QED) is 0.765. The summed E-state index contributed by atoms with van der Waals surface area (Å²) in [6.07, 6.45) is 0.992. The minimum absolute atomic E-state index is 0.532. The van der Waals surface area contributed by atoms with Crippen LogP contribution in [0.1, 0.15) is 19.4 Å². The first-order valence-corrected chi connectivity index (χ1v) is 8.04. The van der Waals surface area contributed by atoms with Crippen molar-refractivity contribution in [2.45, 2.75) is 20.3 Å². The monoisotopic (exact) mass is 330 g/mol. The molecular formula is C18H22N2O2S. The standard InChI is InChI=1S/C18H22N2O2S/c1-4-13-7-6-8-14(11-13)19-18(23)20-15-9-10-16(22-5-2)17(12-15)21-3/h6-12H,4-5H2,1-3H3,(H2,19,20,23). The van der Waals surface area contributed by atoms with Gasteiger partial charge in [0, 0.05) is 17.4 Å². The van der Waals surface area contributed by atoms with Gasteiger partial charge >= 0.3 is 0 Å². The molecule has 122 valence electrons. The Bertz CT molecular complexity index is 674. The van der Waals surface area contributed by atoms with Gasteiger partial charge in [-0.1, -0.05) is 19.1 Å². The molecule has 2 aromatic carbocycles. The fraction of sp³-hybridized carbons (Fsp3) is 0.278. The first kappa shape index (κ1) is 17.1. The number of benzene rings is 2. The molecule has 0 spiro atoms. The fourth-order valence-electron chi connectivity index (χ4n) is 2.18. The highest BCUT2D eigenvalue weighted by Crippen LogP contribution is 2.30. The first-order valence-electron chi connectivity index (χ1n) is 7.64. The summed E-state index contributed by atoms with van der Waals surface area (Å²) in [6.45, 7) is 4.66. The minimum Gasteiger partial charge on any atom is -0.493 e. The highest BCUT2D eigenvalue weighted by atomic mass is 32.1. The van der Waals surface area contributed by atoms with Crippen molar-refractivity contribution < 1.29 is 9.47 Å². The van der Waals surface area contributed by atoms with Crippen LogP contribution in [0, 0.1) is 0 Å². The Morgan fingerprint density at radius 1 is 1.00 bits per heavy atom. The summed E-state index contributed by atoms with van der Waals surface area (Å²) in [7, 11) is 1.62. The van der Waals surface area contributed by atoms with Gasteiger partial charge in [-0.2, -0.15) is 0 Å². The van der Waals surface area contributed by atoms with Gasteiger partial charge in [-0.05, 0) is 55.4 Å². The summed E-state index contributed by atoms with van der Waals surface area (Å²) < 4.78 is 10.8. The minimum atomic E-state index is 0.532. The van der Waals surface area contributed by atoms with E-state index in [1.54, 1.807) is 7.11 Å². The Morgan fingerprint density at radius 2 is 1.74 bits per heavy atom. The molecule has 4 nitrogen and oxygen atoms in total. The molecule has 2 N–H and O–H groups in total. The molecule has 0 saturated carbocycles. The maximum absolute atomic E-state index is 5.51. The van der Waals surface area contributed by atoms with Gasteiger partial charge in [0.1, 0.15) is 0 Å². The van der Waals surface area contributed by atoms with Crippen LogP contribution in [-0.4, -0.2) is 18.8 Å². The van der Waals surface area contributed by atoms with Gasteiger partial charge in [-0.25, -0.2) is 0 Å². The van der Waals surface area contributed by atoms with Crippen molar-refractivity contribution >= 4 is 28.7 Å². The summed E-state index contributed by atoms with van der Waals surface area (Å²) in [5, 5.41) is 6.88. The highest BCUT2D eigenvalue weighted by Gasteiger charge is 2.06. The third-order valence-electron chi connectivity index (χ3n) is 3.31. The molecule has 2 aromatic rings. The SMILES string of the molecule is CCOc1ccc(NC(=S)Nc2cccc(CC)c2)cc1OC. The second-order valence-corrected chi connectivity index (χ2v) is 5.34. The lowest BCUT2D eigenvalue weighted by Crippen LogP contribution is -2.19. The molecule has 0 aliphatic heterocycles. The second kappa shape index (κ2) is 8.39. The lowest BCUT2D eigenvalue weighted by molar-refractivity contribution is 0.311. The number of anilines is 2. The molecule has 0 aromatic heterocycles. The second-order valence-electron chi connectivity index (χ2n) is 4.93. The number of rotatable bonds is 6. The maximum Gasteiger partial charge on any atom is 0.175 e. The predicted molar refractivity (Wildman–Crippen MR) is 99.8 cm³/mol. The van der Waals surface area contributed by atoms with Crippen molar-refractivity contribution in [3.05, 3.63) is 48.0 Å². The van der Waals surface area contributed by atoms with Crippen LogP contribution in [0.5, 0.6) is 11.5 Å². The van der Waals surface area contributed by atoms with Crippen molar-refractivity contribution in [3.63, 3.8) is 0 Å². The van der Waals surface area contributed by atoms with Crippen LogP contribution in [-0.2, 0) is 6.42 Å². The van der Waals surface area contributed by atoms with Crippen molar-refractivity contribution in [3.8, 4) is 11.5 Å². The zero-order chi connectivity index (χ0) is 16.7. The van der Waals surface area contributed by atoms with E-state index in [2.05, 4.69) is 29.7 Å². The van der Waals surface area contributed by atoms with Crippen molar-refractivity contribution in [2.75, 3.05) is 24.4 Å². The molecule has 0 radical (unpaired) electrons. The Morgan fingerprint density at radius 3 is 2.39 bits per heavy atom. The van der Waals surface area contributed by atoms with Gasteiger partial charge < -0.3 is 20.1 Å². The largest absolute Gasteiger partial charge is 0.493 e. The molecule has 0 heterocycles. The van der Waals surface area contributed by atoms with Gasteiger partial charge in [0.2, 0.25) is 0 Å². The number of nitrogens with one attached hydrogen (secondary N) is 2. The molecule has 0 aliphatic rings. The Hall–Kier alpha value is -2.27. The number of methoxy groups -OCH3 is 1. The number of thiocarbonyl (C=S) groups is 1. The van der Waals surface area contributed by atoms with Crippen LogP contribution in [0.15, 0.2) is 42.5 Å². The molecule has 2 rings (SSSR count). The van der Waals surface area contributed by atoms with E-state index in [1.807, 2.05) is 37.3 Å². The molecule has 0 amide bonds. The summed E-state index contributed by atoms with van der Waals surface area (Å²) in [5.41, 5.74) is 3.08. The molecular weight excluding hydrogens is 308 g/mol. The number of aryl methyl sites for hydroxylation is 1. The van der Waals surface area contributed by atoms with Crippen molar-refractivity contribution in [1.82, 2.24) is 0 Å². The van der Waals surface area contributed by atoms with E-state index in [9.17, 15) is 0 Å². The molecule has 23 heavy (non-hydrogen) atoms. The number of ether oxygens (including phenoxy) is 2. The van der Waals surface area contributed by atoms with Crippen molar-refractivity contribution in [2.24, 2.45) is 0 Å². The molecule has 5 heteroatoms. The molecule has 0 aliphatic carbocycles. The van der Waals surface area contributed by atoms with E-state index < -0.39 is 0 Å². The van der Waals surface area contributed by atoms with Gasteiger partial charge in [0.25, 0.3) is 0 Å². The smallest absolute Gasteiger partial charge is 0.175 e. The van der Waals surface area contributed by atoms with E-state index in [0.29, 0.717) is 17.5 Å². The zero-order valence-electron chi connectivity index (χ0n) is 13.7. The molecule has 0 atom stereocenters. The van der Waals surface area contributed by atoms with Crippen molar-refractivity contribution in [1.29, 1.82) is 0 Å². The average molecular weight is 330 g/mol. The topological polar surface area (TPSA) is 42.5 Å². The molecule has 0 bridgehead atoms. The lowest BCUT2D eigenvalue weighted by atomic mass is 10.1. The summed E-state index contributed by atoms with van der Waals surface area (Å²) in [6, 6.07) is 13.8. The van der Waals surface area contributed by atoms with Gasteiger partial charge in [0.05, 0.1) is 13.7 Å². The van der Waals surface area contributed by atoms with Crippen LogP contribution in [0.4, 0.5) is 11.4 Å². The Kier molecular flexibility index (Phi) is 6.23. The first-order chi connectivity index (χ1) is 11.2. The number of hydrogen-bond donors (Lipinski definition) is 2. The lowest BCUT2D eigenvalue weighted by Gasteiger charge is -2.14. The average Bonchev–Trinajstić information content (AvgIpc) is 2.56. The summed E-state index contributed by atoms with van der Waals surface area (Å²) in [4.78, 5) is 0. The molecule has 0 saturated heterocycles. The maximum atomic E-state index is 5.51. The third kappa shape index (κ3) is 4.86. The normalized spacial score (nSPS) is 10.0. The van der Waals surface area contributed by atoms with Crippen LogP contribution in [0.2, 0.25) is 0 Å². The van der Waals surface area contributed by atoms with Crippen LogP contribution in [0.25, 0.3) is 0 Å². The van der Waals surface area contributed by atoms with E-state index in [4.69, 9.17) is 21.7 Å².